The minimum absolute atomic E-state index is 0.0533. The van der Waals surface area contributed by atoms with E-state index in [1.54, 1.807) is 12.1 Å². The van der Waals surface area contributed by atoms with E-state index in [4.69, 9.17) is 25.8 Å². The molecule has 0 aliphatic carbocycles. The van der Waals surface area contributed by atoms with Crippen molar-refractivity contribution in [1.82, 2.24) is 9.62 Å². The number of amides is 1. The van der Waals surface area contributed by atoms with Gasteiger partial charge in [-0.15, -0.1) is 0 Å². The summed E-state index contributed by atoms with van der Waals surface area (Å²) < 4.78 is 43.8. The Balaban J connectivity index is 1.82. The molecule has 3 rings (SSSR count). The standard InChI is InChI=1S/C23H29ClN2O6S/c1-30-19-14-21(32-3)20(31-2)12-17(19)15-25-23(27)16-8-9-18(24)22(13-16)33(28,29)26-10-6-4-5-7-11-26/h8-9,12-14H,4-7,10-11,15H2,1-3H3,(H,25,27). The third-order valence-electron chi connectivity index (χ3n) is 5.60. The molecule has 1 aliphatic heterocycles. The molecule has 33 heavy (non-hydrogen) atoms. The molecular formula is C23H29ClN2O6S. The van der Waals surface area contributed by atoms with Gasteiger partial charge in [0.15, 0.2) is 11.5 Å². The second-order valence-electron chi connectivity index (χ2n) is 7.67. The molecule has 0 spiro atoms. The first-order valence-corrected chi connectivity index (χ1v) is 12.5. The quantitative estimate of drug-likeness (QED) is 0.596. The molecule has 10 heteroatoms. The summed E-state index contributed by atoms with van der Waals surface area (Å²) in [5.74, 6) is 1.09. The van der Waals surface area contributed by atoms with E-state index in [0.717, 1.165) is 25.7 Å². The Morgan fingerprint density at radius 3 is 2.15 bits per heavy atom. The van der Waals surface area contributed by atoms with Crippen molar-refractivity contribution in [3.63, 3.8) is 0 Å². The second-order valence-corrected chi connectivity index (χ2v) is 9.98. The highest BCUT2D eigenvalue weighted by Crippen LogP contribution is 2.34. The zero-order valence-electron chi connectivity index (χ0n) is 19.0. The molecule has 1 amide bonds. The van der Waals surface area contributed by atoms with Crippen LogP contribution >= 0.6 is 11.6 Å². The van der Waals surface area contributed by atoms with Crippen molar-refractivity contribution in [3.05, 3.63) is 46.5 Å². The van der Waals surface area contributed by atoms with Crippen LogP contribution in [0.3, 0.4) is 0 Å². The molecule has 2 aromatic rings. The highest BCUT2D eigenvalue weighted by molar-refractivity contribution is 7.89. The molecule has 180 valence electrons. The zero-order valence-corrected chi connectivity index (χ0v) is 20.6. The number of halogens is 1. The van der Waals surface area contributed by atoms with Crippen molar-refractivity contribution in [1.29, 1.82) is 0 Å². The van der Waals surface area contributed by atoms with Gasteiger partial charge in [0.25, 0.3) is 5.91 Å². The molecule has 8 nitrogen and oxygen atoms in total. The molecule has 0 radical (unpaired) electrons. The van der Waals surface area contributed by atoms with Crippen molar-refractivity contribution >= 4 is 27.5 Å². The summed E-state index contributed by atoms with van der Waals surface area (Å²) in [5, 5.41) is 2.89. The number of sulfonamides is 1. The van der Waals surface area contributed by atoms with Gasteiger partial charge in [0.2, 0.25) is 10.0 Å². The lowest BCUT2D eigenvalue weighted by atomic mass is 10.1. The largest absolute Gasteiger partial charge is 0.496 e. The summed E-state index contributed by atoms with van der Waals surface area (Å²) in [7, 11) is 0.769. The highest BCUT2D eigenvalue weighted by Gasteiger charge is 2.28. The van der Waals surface area contributed by atoms with Crippen LogP contribution in [0.15, 0.2) is 35.2 Å². The average molecular weight is 497 g/mol. The molecule has 0 saturated carbocycles. The maximum Gasteiger partial charge on any atom is 0.251 e. The third kappa shape index (κ3) is 5.72. The minimum atomic E-state index is -3.80. The van der Waals surface area contributed by atoms with E-state index < -0.39 is 15.9 Å². The summed E-state index contributed by atoms with van der Waals surface area (Å²) in [4.78, 5) is 12.8. The van der Waals surface area contributed by atoms with Gasteiger partial charge in [0.1, 0.15) is 10.6 Å². The monoisotopic (exact) mass is 496 g/mol. The van der Waals surface area contributed by atoms with Crippen LogP contribution in [-0.2, 0) is 16.6 Å². The molecule has 1 heterocycles. The van der Waals surface area contributed by atoms with Crippen LogP contribution in [0.5, 0.6) is 17.2 Å². The number of nitrogens with one attached hydrogen (secondary N) is 1. The van der Waals surface area contributed by atoms with Crippen molar-refractivity contribution < 1.29 is 27.4 Å². The number of ether oxygens (including phenoxy) is 3. The summed E-state index contributed by atoms with van der Waals surface area (Å²) in [6, 6.07) is 7.68. The first-order valence-electron chi connectivity index (χ1n) is 10.7. The van der Waals surface area contributed by atoms with E-state index in [9.17, 15) is 13.2 Å². The van der Waals surface area contributed by atoms with E-state index in [0.29, 0.717) is 35.9 Å². The normalized spacial score (nSPS) is 14.9. The first kappa shape index (κ1) is 25.1. The molecule has 0 aromatic heterocycles. The van der Waals surface area contributed by atoms with Gasteiger partial charge in [0, 0.05) is 36.8 Å². The van der Waals surface area contributed by atoms with Gasteiger partial charge < -0.3 is 19.5 Å². The predicted molar refractivity (Wildman–Crippen MR) is 126 cm³/mol. The van der Waals surface area contributed by atoms with E-state index in [-0.39, 0.29) is 22.0 Å². The lowest BCUT2D eigenvalue weighted by molar-refractivity contribution is 0.0950. The molecule has 2 aromatic carbocycles. The second kappa shape index (κ2) is 11.1. The van der Waals surface area contributed by atoms with Gasteiger partial charge >= 0.3 is 0 Å². The van der Waals surface area contributed by atoms with Gasteiger partial charge in [0.05, 0.1) is 26.4 Å². The van der Waals surface area contributed by atoms with Gasteiger partial charge in [-0.1, -0.05) is 24.4 Å². The van der Waals surface area contributed by atoms with Gasteiger partial charge in [-0.25, -0.2) is 8.42 Å². The number of hydrogen-bond donors (Lipinski definition) is 1. The van der Waals surface area contributed by atoms with E-state index in [2.05, 4.69) is 5.32 Å². The Morgan fingerprint density at radius 1 is 0.939 bits per heavy atom. The summed E-state index contributed by atoms with van der Waals surface area (Å²) >= 11 is 6.24. The number of methoxy groups -OCH3 is 3. The number of benzene rings is 2. The highest BCUT2D eigenvalue weighted by atomic mass is 35.5. The number of hydrogen-bond acceptors (Lipinski definition) is 6. The van der Waals surface area contributed by atoms with Crippen molar-refractivity contribution in [2.75, 3.05) is 34.4 Å². The van der Waals surface area contributed by atoms with E-state index in [1.165, 1.54) is 43.8 Å². The van der Waals surface area contributed by atoms with Crippen LogP contribution in [-0.4, -0.2) is 53.0 Å². The third-order valence-corrected chi connectivity index (χ3v) is 7.98. The predicted octanol–water partition coefficient (Wildman–Crippen LogP) is 3.86. The Kier molecular flexibility index (Phi) is 8.45. The maximum absolute atomic E-state index is 13.2. The molecule has 1 aliphatic rings. The summed E-state index contributed by atoms with van der Waals surface area (Å²) in [5.41, 5.74) is 0.877. The molecule has 1 saturated heterocycles. The Labute approximate surface area is 199 Å². The van der Waals surface area contributed by atoms with Gasteiger partial charge in [-0.3, -0.25) is 4.79 Å². The lowest BCUT2D eigenvalue weighted by Gasteiger charge is -2.21. The molecule has 1 N–H and O–H groups in total. The number of carbonyl (C=O) groups is 1. The summed E-state index contributed by atoms with van der Waals surface area (Å²) in [6.45, 7) is 1.04. The van der Waals surface area contributed by atoms with Crippen LogP contribution in [0.2, 0.25) is 5.02 Å². The topological polar surface area (TPSA) is 94.2 Å². The Hall–Kier alpha value is -2.49. The van der Waals surface area contributed by atoms with Crippen molar-refractivity contribution in [3.8, 4) is 17.2 Å². The molecule has 0 unspecified atom stereocenters. The molecular weight excluding hydrogens is 468 g/mol. The SMILES string of the molecule is COc1cc(OC)c(OC)cc1CNC(=O)c1ccc(Cl)c(S(=O)(=O)N2CCCCCC2)c1. The van der Waals surface area contributed by atoms with Crippen LogP contribution in [0.4, 0.5) is 0 Å². The molecule has 1 fully saturated rings. The molecule has 0 bridgehead atoms. The smallest absolute Gasteiger partial charge is 0.251 e. The average Bonchev–Trinajstić information content (AvgIpc) is 3.12. The number of carbonyl (C=O) groups excluding carboxylic acids is 1. The van der Waals surface area contributed by atoms with Crippen LogP contribution < -0.4 is 19.5 Å². The number of rotatable bonds is 8. The lowest BCUT2D eigenvalue weighted by Crippen LogP contribution is -2.32. The number of nitrogens with zero attached hydrogens (tertiary/aromatic N) is 1. The van der Waals surface area contributed by atoms with Crippen LogP contribution in [0.1, 0.15) is 41.6 Å². The fourth-order valence-electron chi connectivity index (χ4n) is 3.77. The fraction of sp³-hybridized carbons (Fsp3) is 0.435. The van der Waals surface area contributed by atoms with E-state index >= 15 is 0 Å². The minimum Gasteiger partial charge on any atom is -0.496 e. The first-order chi connectivity index (χ1) is 15.8. The fourth-order valence-corrected chi connectivity index (χ4v) is 5.79. The van der Waals surface area contributed by atoms with Gasteiger partial charge in [-0.05, 0) is 37.1 Å². The van der Waals surface area contributed by atoms with Gasteiger partial charge in [-0.2, -0.15) is 4.31 Å². The van der Waals surface area contributed by atoms with Crippen molar-refractivity contribution in [2.45, 2.75) is 37.1 Å². The Morgan fingerprint density at radius 2 is 1.55 bits per heavy atom. The summed E-state index contributed by atoms with van der Waals surface area (Å²) in [6.07, 6.45) is 3.62. The Bertz CT molecular complexity index is 1100. The zero-order chi connectivity index (χ0) is 24.0. The van der Waals surface area contributed by atoms with Crippen LogP contribution in [0.25, 0.3) is 0 Å². The van der Waals surface area contributed by atoms with Crippen molar-refractivity contribution in [2.24, 2.45) is 0 Å². The van der Waals surface area contributed by atoms with E-state index in [1.807, 2.05) is 0 Å². The molecule has 0 atom stereocenters. The maximum atomic E-state index is 13.2. The van der Waals surface area contributed by atoms with Crippen LogP contribution in [0, 0.1) is 0 Å².